The van der Waals surface area contributed by atoms with Crippen LogP contribution in [-0.2, 0) is 13.0 Å². The van der Waals surface area contributed by atoms with Gasteiger partial charge in [-0.3, -0.25) is 0 Å². The Morgan fingerprint density at radius 1 is 1.26 bits per heavy atom. The highest BCUT2D eigenvalue weighted by molar-refractivity contribution is 5.27. The van der Waals surface area contributed by atoms with E-state index in [2.05, 4.69) is 14.9 Å². The molecule has 19 heavy (non-hydrogen) atoms. The molecule has 0 aliphatic carbocycles. The molecule has 0 saturated carbocycles. The average Bonchev–Trinajstić information content (AvgIpc) is 2.81. The molecule has 0 saturated heterocycles. The maximum absolute atomic E-state index is 9.24. The molecule has 102 valence electrons. The monoisotopic (exact) mass is 262 g/mol. The van der Waals surface area contributed by atoms with Gasteiger partial charge < -0.3 is 9.84 Å². The van der Waals surface area contributed by atoms with Crippen LogP contribution in [0.1, 0.15) is 30.3 Å². The number of ether oxygens (including phenoxy) is 1. The Bertz CT molecular complexity index is 506. The summed E-state index contributed by atoms with van der Waals surface area (Å²) in [6.07, 6.45) is 1.37. The first-order valence-corrected chi connectivity index (χ1v) is 6.33. The van der Waals surface area contributed by atoms with Crippen LogP contribution in [0.3, 0.4) is 0 Å². The van der Waals surface area contributed by atoms with E-state index in [4.69, 9.17) is 4.74 Å². The van der Waals surface area contributed by atoms with Gasteiger partial charge in [0.05, 0.1) is 6.10 Å². The van der Waals surface area contributed by atoms with Crippen LogP contribution in [-0.4, -0.2) is 21.5 Å². The molecule has 2 aromatic rings. The van der Waals surface area contributed by atoms with E-state index in [-0.39, 0.29) is 6.10 Å². The molecule has 1 heterocycles. The van der Waals surface area contributed by atoms with Crippen molar-refractivity contribution in [3.05, 3.63) is 41.2 Å². The number of aryl methyl sites for hydroxylation is 2. The summed E-state index contributed by atoms with van der Waals surface area (Å²) in [5.41, 5.74) is 2.64. The number of rotatable bonds is 6. The van der Waals surface area contributed by atoms with Crippen LogP contribution in [0.25, 0.3) is 0 Å². The predicted octanol–water partition coefficient (Wildman–Crippen LogP) is 2.27. The molecule has 0 bridgehead atoms. The Morgan fingerprint density at radius 3 is 2.58 bits per heavy atom. The fourth-order valence-corrected chi connectivity index (χ4v) is 1.66. The fourth-order valence-electron chi connectivity index (χ4n) is 1.66. The van der Waals surface area contributed by atoms with Crippen LogP contribution in [0.15, 0.2) is 28.9 Å². The van der Waals surface area contributed by atoms with E-state index in [1.165, 1.54) is 5.56 Å². The molecule has 1 atom stereocenters. The van der Waals surface area contributed by atoms with Crippen LogP contribution in [0.4, 0.5) is 0 Å². The number of aliphatic hydroxyl groups is 1. The third-order valence-electron chi connectivity index (χ3n) is 2.90. The zero-order chi connectivity index (χ0) is 13.7. The fraction of sp³-hybridized carbons (Fsp3) is 0.429. The molecular weight excluding hydrogens is 244 g/mol. The molecule has 1 N–H and O–H groups in total. The third kappa shape index (κ3) is 4.06. The van der Waals surface area contributed by atoms with Crippen LogP contribution < -0.4 is 4.74 Å². The largest absolute Gasteiger partial charge is 0.487 e. The smallest absolute Gasteiger partial charge is 0.145 e. The van der Waals surface area contributed by atoms with E-state index in [1.54, 1.807) is 6.92 Å². The molecule has 0 radical (unpaired) electrons. The van der Waals surface area contributed by atoms with Gasteiger partial charge in [-0.25, -0.2) is 4.63 Å². The SMILES string of the molecule is Cc1nonc1COc1ccc(CCC(C)O)cc1. The van der Waals surface area contributed by atoms with E-state index >= 15 is 0 Å². The van der Waals surface area contributed by atoms with Crippen LogP contribution in [0.2, 0.25) is 0 Å². The van der Waals surface area contributed by atoms with E-state index in [1.807, 2.05) is 31.2 Å². The molecule has 5 heteroatoms. The second kappa shape index (κ2) is 6.33. The molecule has 1 aromatic heterocycles. The number of benzene rings is 1. The van der Waals surface area contributed by atoms with Crippen molar-refractivity contribution in [3.63, 3.8) is 0 Å². The maximum Gasteiger partial charge on any atom is 0.145 e. The highest BCUT2D eigenvalue weighted by Gasteiger charge is 2.05. The van der Waals surface area contributed by atoms with Crippen molar-refractivity contribution in [2.24, 2.45) is 0 Å². The van der Waals surface area contributed by atoms with Crippen LogP contribution in [0, 0.1) is 6.92 Å². The molecule has 0 spiro atoms. The lowest BCUT2D eigenvalue weighted by atomic mass is 10.1. The van der Waals surface area contributed by atoms with Crippen LogP contribution >= 0.6 is 0 Å². The number of hydrogen-bond donors (Lipinski definition) is 1. The lowest BCUT2D eigenvalue weighted by Gasteiger charge is -2.07. The molecule has 1 aromatic carbocycles. The Balaban J connectivity index is 1.86. The van der Waals surface area contributed by atoms with Gasteiger partial charge in [0.1, 0.15) is 23.7 Å². The van der Waals surface area contributed by atoms with Crippen molar-refractivity contribution in [2.75, 3.05) is 0 Å². The maximum atomic E-state index is 9.24. The van der Waals surface area contributed by atoms with Crippen molar-refractivity contribution in [1.29, 1.82) is 0 Å². The minimum atomic E-state index is -0.265. The van der Waals surface area contributed by atoms with E-state index in [0.717, 1.165) is 24.3 Å². The van der Waals surface area contributed by atoms with Gasteiger partial charge in [-0.05, 0) is 44.4 Å². The lowest BCUT2D eigenvalue weighted by molar-refractivity contribution is 0.185. The molecule has 0 fully saturated rings. The first-order chi connectivity index (χ1) is 9.15. The quantitative estimate of drug-likeness (QED) is 0.864. The summed E-state index contributed by atoms with van der Waals surface area (Å²) in [7, 11) is 0. The summed E-state index contributed by atoms with van der Waals surface area (Å²) >= 11 is 0. The predicted molar refractivity (Wildman–Crippen MR) is 69.8 cm³/mol. The second-order valence-electron chi connectivity index (χ2n) is 4.62. The molecular formula is C14H18N2O3. The molecule has 0 aliphatic heterocycles. The standard InChI is InChI=1S/C14H18N2O3/c1-10(17)3-4-12-5-7-13(8-6-12)18-9-14-11(2)15-19-16-14/h5-8,10,17H,3-4,9H2,1-2H3. The summed E-state index contributed by atoms with van der Waals surface area (Å²) in [5.74, 6) is 0.781. The Labute approximate surface area is 112 Å². The zero-order valence-electron chi connectivity index (χ0n) is 11.2. The van der Waals surface area contributed by atoms with Crippen molar-refractivity contribution in [1.82, 2.24) is 10.3 Å². The van der Waals surface area contributed by atoms with E-state index in [0.29, 0.717) is 12.3 Å². The highest BCUT2D eigenvalue weighted by Crippen LogP contribution is 2.15. The van der Waals surface area contributed by atoms with Gasteiger partial charge in [-0.1, -0.05) is 22.4 Å². The number of nitrogens with zero attached hydrogens (tertiary/aromatic N) is 2. The molecule has 5 nitrogen and oxygen atoms in total. The van der Waals surface area contributed by atoms with Crippen molar-refractivity contribution in [3.8, 4) is 5.75 Å². The van der Waals surface area contributed by atoms with Crippen molar-refractivity contribution < 1.29 is 14.5 Å². The Morgan fingerprint density at radius 2 is 2.00 bits per heavy atom. The number of aromatic nitrogens is 2. The van der Waals surface area contributed by atoms with Gasteiger partial charge in [-0.15, -0.1) is 0 Å². The first kappa shape index (κ1) is 13.5. The summed E-state index contributed by atoms with van der Waals surface area (Å²) in [5, 5.41) is 16.7. The normalized spacial score (nSPS) is 12.4. The van der Waals surface area contributed by atoms with Crippen molar-refractivity contribution in [2.45, 2.75) is 39.4 Å². The Kier molecular flexibility index (Phi) is 4.52. The molecule has 0 amide bonds. The van der Waals surface area contributed by atoms with Gasteiger partial charge in [0.25, 0.3) is 0 Å². The minimum absolute atomic E-state index is 0.265. The molecule has 0 aliphatic rings. The molecule has 1 unspecified atom stereocenters. The van der Waals surface area contributed by atoms with Crippen molar-refractivity contribution >= 4 is 0 Å². The number of hydrogen-bond acceptors (Lipinski definition) is 5. The summed E-state index contributed by atoms with van der Waals surface area (Å²) in [4.78, 5) is 0. The minimum Gasteiger partial charge on any atom is -0.487 e. The van der Waals surface area contributed by atoms with E-state index < -0.39 is 0 Å². The summed E-state index contributed by atoms with van der Waals surface area (Å²) < 4.78 is 10.2. The number of aliphatic hydroxyl groups excluding tert-OH is 1. The lowest BCUT2D eigenvalue weighted by Crippen LogP contribution is -2.01. The summed E-state index contributed by atoms with van der Waals surface area (Å²) in [6, 6.07) is 7.84. The van der Waals surface area contributed by atoms with Gasteiger partial charge in [-0.2, -0.15) is 0 Å². The summed E-state index contributed by atoms with van der Waals surface area (Å²) in [6.45, 7) is 3.97. The Hall–Kier alpha value is -1.88. The molecule has 2 rings (SSSR count). The topological polar surface area (TPSA) is 68.4 Å². The second-order valence-corrected chi connectivity index (χ2v) is 4.62. The first-order valence-electron chi connectivity index (χ1n) is 6.33. The van der Waals surface area contributed by atoms with Gasteiger partial charge >= 0.3 is 0 Å². The van der Waals surface area contributed by atoms with Gasteiger partial charge in [0.15, 0.2) is 0 Å². The van der Waals surface area contributed by atoms with Gasteiger partial charge in [0, 0.05) is 0 Å². The average molecular weight is 262 g/mol. The highest BCUT2D eigenvalue weighted by atomic mass is 16.6. The third-order valence-corrected chi connectivity index (χ3v) is 2.90. The zero-order valence-corrected chi connectivity index (χ0v) is 11.2. The van der Waals surface area contributed by atoms with Gasteiger partial charge in [0.2, 0.25) is 0 Å². The van der Waals surface area contributed by atoms with Crippen LogP contribution in [0.5, 0.6) is 5.75 Å². The van der Waals surface area contributed by atoms with E-state index in [9.17, 15) is 5.11 Å².